The number of rotatable bonds is 9. The van der Waals surface area contributed by atoms with Crippen molar-refractivity contribution in [3.63, 3.8) is 0 Å². The van der Waals surface area contributed by atoms with E-state index in [1.54, 1.807) is 0 Å². The first-order chi connectivity index (χ1) is 11.2. The first-order valence-electron chi connectivity index (χ1n) is 7.74. The van der Waals surface area contributed by atoms with E-state index in [-0.39, 0.29) is 21.4 Å². The number of nitrogens with zero attached hydrogens (tertiary/aromatic N) is 1. The van der Waals surface area contributed by atoms with E-state index in [0.717, 1.165) is 4.31 Å². The van der Waals surface area contributed by atoms with E-state index in [2.05, 4.69) is 19.2 Å². The number of carbonyl (C=O) groups excluding carboxylic acids is 1. The first kappa shape index (κ1) is 20.9. The van der Waals surface area contributed by atoms with Gasteiger partial charge in [-0.05, 0) is 30.5 Å². The molecular formula is C16H25ClN2O4S. The molecule has 24 heavy (non-hydrogen) atoms. The molecule has 8 heteroatoms. The number of hydrogen-bond acceptors (Lipinski definition) is 4. The molecule has 0 spiro atoms. The molecule has 0 saturated heterocycles. The zero-order valence-electron chi connectivity index (χ0n) is 14.5. The van der Waals surface area contributed by atoms with E-state index >= 15 is 0 Å². The van der Waals surface area contributed by atoms with Gasteiger partial charge < -0.3 is 10.1 Å². The van der Waals surface area contributed by atoms with Crippen molar-refractivity contribution in [2.75, 3.05) is 33.9 Å². The monoisotopic (exact) mass is 376 g/mol. The van der Waals surface area contributed by atoms with Gasteiger partial charge in [-0.25, -0.2) is 12.7 Å². The molecule has 0 aliphatic carbocycles. The summed E-state index contributed by atoms with van der Waals surface area (Å²) in [7, 11) is -0.878. The highest BCUT2D eigenvalue weighted by Crippen LogP contribution is 2.24. The van der Waals surface area contributed by atoms with E-state index in [1.165, 1.54) is 32.3 Å². The van der Waals surface area contributed by atoms with Gasteiger partial charge in [0.05, 0.1) is 5.02 Å². The highest BCUT2D eigenvalue weighted by molar-refractivity contribution is 7.89. The van der Waals surface area contributed by atoms with Crippen LogP contribution in [0, 0.1) is 5.92 Å². The lowest BCUT2D eigenvalue weighted by Crippen LogP contribution is -2.26. The van der Waals surface area contributed by atoms with E-state index in [1.807, 2.05) is 0 Å². The summed E-state index contributed by atoms with van der Waals surface area (Å²) in [5.41, 5.74) is 0.253. The number of hydrogen-bond donors (Lipinski definition) is 1. The molecule has 0 heterocycles. The number of benzene rings is 1. The molecule has 1 aromatic carbocycles. The summed E-state index contributed by atoms with van der Waals surface area (Å²) in [6.07, 6.45) is 0.689. The van der Waals surface area contributed by atoms with Gasteiger partial charge in [-0.3, -0.25) is 4.79 Å². The molecule has 1 N–H and O–H groups in total. The van der Waals surface area contributed by atoms with Gasteiger partial charge in [0.25, 0.3) is 5.91 Å². The van der Waals surface area contributed by atoms with Crippen molar-refractivity contribution in [1.82, 2.24) is 9.62 Å². The van der Waals surface area contributed by atoms with Crippen LogP contribution in [-0.4, -0.2) is 52.5 Å². The number of nitrogens with one attached hydrogen (secondary N) is 1. The highest BCUT2D eigenvalue weighted by atomic mass is 35.5. The highest BCUT2D eigenvalue weighted by Gasteiger charge is 2.22. The van der Waals surface area contributed by atoms with Crippen LogP contribution < -0.4 is 5.32 Å². The summed E-state index contributed by atoms with van der Waals surface area (Å²) < 4.78 is 30.9. The number of ether oxygens (including phenoxy) is 1. The fraction of sp³-hybridized carbons (Fsp3) is 0.562. The lowest BCUT2D eigenvalue weighted by Gasteiger charge is -2.14. The van der Waals surface area contributed by atoms with Gasteiger partial charge in [-0.2, -0.15) is 0 Å². The molecule has 0 aromatic heterocycles. The number of amides is 1. The number of sulfonamides is 1. The average Bonchev–Trinajstić information content (AvgIpc) is 2.50. The summed E-state index contributed by atoms with van der Waals surface area (Å²) in [5, 5.41) is 2.83. The molecule has 0 bridgehead atoms. The minimum absolute atomic E-state index is 0.0814. The first-order valence-corrected chi connectivity index (χ1v) is 9.56. The lowest BCUT2D eigenvalue weighted by atomic mass is 10.2. The van der Waals surface area contributed by atoms with E-state index in [0.29, 0.717) is 32.1 Å². The Balaban J connectivity index is 2.66. The number of carbonyl (C=O) groups is 1. The maximum atomic E-state index is 12.2. The van der Waals surface area contributed by atoms with Crippen LogP contribution in [0.25, 0.3) is 0 Å². The summed E-state index contributed by atoms with van der Waals surface area (Å²) >= 11 is 5.96. The molecule has 0 aliphatic heterocycles. The second-order valence-electron chi connectivity index (χ2n) is 6.01. The fourth-order valence-electron chi connectivity index (χ4n) is 1.84. The molecule has 6 nitrogen and oxygen atoms in total. The van der Waals surface area contributed by atoms with Gasteiger partial charge in [0.1, 0.15) is 4.90 Å². The van der Waals surface area contributed by atoms with Crippen molar-refractivity contribution in [1.29, 1.82) is 0 Å². The molecule has 0 unspecified atom stereocenters. The molecular weight excluding hydrogens is 352 g/mol. The second-order valence-corrected chi connectivity index (χ2v) is 8.54. The molecule has 1 amide bonds. The van der Waals surface area contributed by atoms with Crippen molar-refractivity contribution >= 4 is 27.5 Å². The Hall–Kier alpha value is -1.15. The van der Waals surface area contributed by atoms with Crippen molar-refractivity contribution < 1.29 is 17.9 Å². The molecule has 136 valence electrons. The topological polar surface area (TPSA) is 75.7 Å². The summed E-state index contributed by atoms with van der Waals surface area (Å²) in [5.74, 6) is 0.136. The maximum Gasteiger partial charge on any atom is 0.251 e. The third-order valence-corrected chi connectivity index (χ3v) is 5.45. The minimum Gasteiger partial charge on any atom is -0.381 e. The van der Waals surface area contributed by atoms with Gasteiger partial charge in [0, 0.05) is 39.4 Å². The van der Waals surface area contributed by atoms with Gasteiger partial charge in [-0.1, -0.05) is 25.4 Å². The molecule has 1 aromatic rings. The fourth-order valence-corrected chi connectivity index (χ4v) is 3.23. The zero-order valence-corrected chi connectivity index (χ0v) is 16.1. The Morgan fingerprint density at radius 3 is 2.58 bits per heavy atom. The van der Waals surface area contributed by atoms with Crippen molar-refractivity contribution in [2.24, 2.45) is 5.92 Å². The molecule has 0 radical (unpaired) electrons. The minimum atomic E-state index is -3.70. The van der Waals surface area contributed by atoms with Gasteiger partial charge >= 0.3 is 0 Å². The largest absolute Gasteiger partial charge is 0.381 e. The third-order valence-electron chi connectivity index (χ3n) is 3.15. The third kappa shape index (κ3) is 6.05. The Morgan fingerprint density at radius 2 is 2.00 bits per heavy atom. The van der Waals surface area contributed by atoms with Gasteiger partial charge in [0.15, 0.2) is 0 Å². The normalized spacial score (nSPS) is 12.0. The van der Waals surface area contributed by atoms with E-state index in [4.69, 9.17) is 16.3 Å². The van der Waals surface area contributed by atoms with Crippen molar-refractivity contribution in [3.05, 3.63) is 28.8 Å². The summed E-state index contributed by atoms with van der Waals surface area (Å²) in [4.78, 5) is 12.1. The van der Waals surface area contributed by atoms with E-state index in [9.17, 15) is 13.2 Å². The second kappa shape index (κ2) is 9.36. The quantitative estimate of drug-likeness (QED) is 0.671. The van der Waals surface area contributed by atoms with Gasteiger partial charge in [-0.15, -0.1) is 0 Å². The number of halogens is 1. The SMILES string of the molecule is CC(C)COCCCNC(=O)c1ccc(Cl)c(S(=O)(=O)N(C)C)c1. The predicted octanol–water partition coefficient (Wildman–Crippen LogP) is 2.38. The van der Waals surface area contributed by atoms with E-state index < -0.39 is 10.0 Å². The predicted molar refractivity (Wildman–Crippen MR) is 94.9 cm³/mol. The van der Waals surface area contributed by atoms with Crippen LogP contribution in [0.4, 0.5) is 0 Å². The summed E-state index contributed by atoms with van der Waals surface area (Å²) in [6.45, 7) is 5.86. The van der Waals surface area contributed by atoms with Crippen LogP contribution in [0.1, 0.15) is 30.6 Å². The standard InChI is InChI=1S/C16H25ClN2O4S/c1-12(2)11-23-9-5-8-18-16(20)13-6-7-14(17)15(10-13)24(21,22)19(3)4/h6-7,10,12H,5,8-9,11H2,1-4H3,(H,18,20). The van der Waals surface area contributed by atoms with Crippen LogP contribution in [0.15, 0.2) is 23.1 Å². The van der Waals surface area contributed by atoms with Crippen LogP contribution in [0.5, 0.6) is 0 Å². The van der Waals surface area contributed by atoms with Crippen LogP contribution in [0.2, 0.25) is 5.02 Å². The molecule has 0 fully saturated rings. The lowest BCUT2D eigenvalue weighted by molar-refractivity contribution is 0.0925. The van der Waals surface area contributed by atoms with Crippen LogP contribution in [0.3, 0.4) is 0 Å². The smallest absolute Gasteiger partial charge is 0.251 e. The average molecular weight is 377 g/mol. The Labute approximate surface area is 149 Å². The molecule has 1 rings (SSSR count). The van der Waals surface area contributed by atoms with Crippen LogP contribution in [-0.2, 0) is 14.8 Å². The van der Waals surface area contributed by atoms with Gasteiger partial charge in [0.2, 0.25) is 10.0 Å². The Morgan fingerprint density at radius 1 is 1.33 bits per heavy atom. The maximum absolute atomic E-state index is 12.2. The molecule has 0 saturated carbocycles. The molecule has 0 atom stereocenters. The van der Waals surface area contributed by atoms with Crippen LogP contribution >= 0.6 is 11.6 Å². The summed E-state index contributed by atoms with van der Waals surface area (Å²) in [6, 6.07) is 4.21. The Bertz CT molecular complexity index is 660. The van der Waals surface area contributed by atoms with Crippen molar-refractivity contribution in [2.45, 2.75) is 25.2 Å². The van der Waals surface area contributed by atoms with Crippen molar-refractivity contribution in [3.8, 4) is 0 Å². The Kier molecular flexibility index (Phi) is 8.15. The molecule has 0 aliphatic rings. The zero-order chi connectivity index (χ0) is 18.3.